The van der Waals surface area contributed by atoms with Gasteiger partial charge in [0.2, 0.25) is 17.2 Å². The van der Waals surface area contributed by atoms with Crippen LogP contribution < -0.4 is 10.6 Å². The van der Waals surface area contributed by atoms with E-state index in [2.05, 4.69) is 44.3 Å². The molecule has 2 heterocycles. The number of hydrogen-bond donors (Lipinski definition) is 2. The Bertz CT molecular complexity index is 421. The van der Waals surface area contributed by atoms with Gasteiger partial charge in [0.25, 0.3) is 0 Å². The highest BCUT2D eigenvalue weighted by Crippen LogP contribution is 2.12. The highest BCUT2D eigenvalue weighted by atomic mass is 35.5. The molecule has 1 saturated heterocycles. The molecular formula is C13H23ClN6. The molecule has 1 aliphatic heterocycles. The van der Waals surface area contributed by atoms with Gasteiger partial charge < -0.3 is 15.5 Å². The normalized spacial score (nSPS) is 17.1. The molecule has 0 bridgehead atoms. The van der Waals surface area contributed by atoms with Gasteiger partial charge in [-0.1, -0.05) is 6.92 Å². The monoisotopic (exact) mass is 298 g/mol. The van der Waals surface area contributed by atoms with Crippen LogP contribution in [0.4, 0.5) is 11.9 Å². The second-order valence-electron chi connectivity index (χ2n) is 5.23. The maximum Gasteiger partial charge on any atom is 0.229 e. The van der Waals surface area contributed by atoms with Crippen molar-refractivity contribution in [3.05, 3.63) is 5.28 Å². The van der Waals surface area contributed by atoms with Gasteiger partial charge in [-0.3, -0.25) is 0 Å². The molecule has 0 radical (unpaired) electrons. The van der Waals surface area contributed by atoms with Crippen molar-refractivity contribution in [2.24, 2.45) is 0 Å². The predicted octanol–water partition coefficient (Wildman–Crippen LogP) is 2.24. The average molecular weight is 299 g/mol. The van der Waals surface area contributed by atoms with Gasteiger partial charge in [-0.25, -0.2) is 0 Å². The smallest absolute Gasteiger partial charge is 0.229 e. The zero-order valence-corrected chi connectivity index (χ0v) is 12.9. The van der Waals surface area contributed by atoms with Crippen LogP contribution in [-0.4, -0.2) is 52.1 Å². The highest BCUT2D eigenvalue weighted by molar-refractivity contribution is 6.28. The maximum absolute atomic E-state index is 5.93. The summed E-state index contributed by atoms with van der Waals surface area (Å²) in [5, 5.41) is 6.64. The first-order valence-electron chi connectivity index (χ1n) is 7.31. The zero-order chi connectivity index (χ0) is 14.4. The van der Waals surface area contributed by atoms with Crippen LogP contribution in [0.2, 0.25) is 5.28 Å². The Kier molecular flexibility index (Phi) is 5.79. The Morgan fingerprint density at radius 1 is 1.20 bits per heavy atom. The first-order valence-corrected chi connectivity index (χ1v) is 7.69. The molecule has 0 amide bonds. The number of nitrogens with zero attached hydrogens (tertiary/aromatic N) is 4. The molecule has 1 atom stereocenters. The lowest BCUT2D eigenvalue weighted by Crippen LogP contribution is -2.33. The summed E-state index contributed by atoms with van der Waals surface area (Å²) in [6.45, 7) is 8.42. The van der Waals surface area contributed by atoms with Crippen molar-refractivity contribution < 1.29 is 0 Å². The average Bonchev–Trinajstić information content (AvgIpc) is 2.88. The van der Waals surface area contributed by atoms with Crippen LogP contribution in [0.3, 0.4) is 0 Å². The molecule has 112 valence electrons. The summed E-state index contributed by atoms with van der Waals surface area (Å²) in [4.78, 5) is 15.0. The maximum atomic E-state index is 5.93. The molecule has 1 fully saturated rings. The van der Waals surface area contributed by atoms with Crippen LogP contribution in [0.15, 0.2) is 0 Å². The molecule has 1 unspecified atom stereocenters. The van der Waals surface area contributed by atoms with E-state index in [0.717, 1.165) is 19.5 Å². The van der Waals surface area contributed by atoms with Crippen LogP contribution in [0.25, 0.3) is 0 Å². The quantitative estimate of drug-likeness (QED) is 0.805. The summed E-state index contributed by atoms with van der Waals surface area (Å²) >= 11 is 5.93. The van der Waals surface area contributed by atoms with Gasteiger partial charge >= 0.3 is 0 Å². The van der Waals surface area contributed by atoms with Crippen molar-refractivity contribution >= 4 is 23.5 Å². The number of nitrogens with one attached hydrogen (secondary N) is 2. The Morgan fingerprint density at radius 3 is 2.60 bits per heavy atom. The Balaban J connectivity index is 1.91. The fourth-order valence-electron chi connectivity index (χ4n) is 2.35. The van der Waals surface area contributed by atoms with Crippen molar-refractivity contribution in [1.82, 2.24) is 19.9 Å². The lowest BCUT2D eigenvalue weighted by molar-refractivity contribution is 0.327. The molecule has 0 saturated carbocycles. The third-order valence-corrected chi connectivity index (χ3v) is 3.42. The summed E-state index contributed by atoms with van der Waals surface area (Å²) in [6.07, 6.45) is 3.61. The van der Waals surface area contributed by atoms with Gasteiger partial charge in [-0.2, -0.15) is 15.0 Å². The first kappa shape index (κ1) is 15.3. The molecule has 0 aliphatic carbocycles. The molecule has 20 heavy (non-hydrogen) atoms. The van der Waals surface area contributed by atoms with Crippen LogP contribution in [0.5, 0.6) is 0 Å². The van der Waals surface area contributed by atoms with Crippen molar-refractivity contribution in [2.75, 3.05) is 36.8 Å². The van der Waals surface area contributed by atoms with Gasteiger partial charge in [0.1, 0.15) is 0 Å². The third kappa shape index (κ3) is 4.76. The van der Waals surface area contributed by atoms with Gasteiger partial charge in [0.05, 0.1) is 0 Å². The standard InChI is InChI=1S/C13H23ClN6/c1-3-6-15-12-17-11(14)18-13(19-12)16-10(2)9-20-7-4-5-8-20/h10H,3-9H2,1-2H3,(H2,15,16,17,18,19). The van der Waals surface area contributed by atoms with Gasteiger partial charge in [-0.05, 0) is 50.9 Å². The largest absolute Gasteiger partial charge is 0.354 e. The number of rotatable bonds is 7. The molecule has 1 aliphatic rings. The highest BCUT2D eigenvalue weighted by Gasteiger charge is 2.15. The van der Waals surface area contributed by atoms with E-state index < -0.39 is 0 Å². The molecule has 7 heteroatoms. The number of aromatic nitrogens is 3. The molecule has 0 spiro atoms. The lowest BCUT2D eigenvalue weighted by Gasteiger charge is -2.21. The van der Waals surface area contributed by atoms with E-state index in [1.807, 2.05) is 0 Å². The third-order valence-electron chi connectivity index (χ3n) is 3.25. The van der Waals surface area contributed by atoms with Crippen LogP contribution >= 0.6 is 11.6 Å². The predicted molar refractivity (Wildman–Crippen MR) is 82.4 cm³/mol. The minimum absolute atomic E-state index is 0.217. The van der Waals surface area contributed by atoms with Crippen LogP contribution in [0, 0.1) is 0 Å². The Labute approximate surface area is 125 Å². The lowest BCUT2D eigenvalue weighted by atomic mass is 10.3. The summed E-state index contributed by atoms with van der Waals surface area (Å²) in [6, 6.07) is 0.283. The van der Waals surface area contributed by atoms with Crippen molar-refractivity contribution in [2.45, 2.75) is 39.2 Å². The number of likely N-dealkylation sites (tertiary alicyclic amines) is 1. The number of halogens is 1. The summed E-state index contributed by atoms with van der Waals surface area (Å²) in [5.41, 5.74) is 0. The van der Waals surface area contributed by atoms with Gasteiger partial charge in [0, 0.05) is 19.1 Å². The summed E-state index contributed by atoms with van der Waals surface area (Å²) in [5.74, 6) is 1.07. The SMILES string of the molecule is CCCNc1nc(Cl)nc(NC(C)CN2CCCC2)n1. The van der Waals surface area contributed by atoms with E-state index >= 15 is 0 Å². The molecule has 6 nitrogen and oxygen atoms in total. The minimum atomic E-state index is 0.217. The second-order valence-corrected chi connectivity index (χ2v) is 5.57. The topological polar surface area (TPSA) is 66.0 Å². The van der Waals surface area contributed by atoms with E-state index in [0.29, 0.717) is 11.9 Å². The van der Waals surface area contributed by atoms with Crippen molar-refractivity contribution in [3.63, 3.8) is 0 Å². The van der Waals surface area contributed by atoms with Crippen LogP contribution in [-0.2, 0) is 0 Å². The van der Waals surface area contributed by atoms with Crippen LogP contribution in [0.1, 0.15) is 33.1 Å². The summed E-state index contributed by atoms with van der Waals surface area (Å²) in [7, 11) is 0. The molecule has 2 N–H and O–H groups in total. The minimum Gasteiger partial charge on any atom is -0.354 e. The first-order chi connectivity index (χ1) is 9.67. The van der Waals surface area contributed by atoms with Gasteiger partial charge in [-0.15, -0.1) is 0 Å². The molecular weight excluding hydrogens is 276 g/mol. The van der Waals surface area contributed by atoms with E-state index in [9.17, 15) is 0 Å². The van der Waals surface area contributed by atoms with E-state index in [1.165, 1.54) is 25.9 Å². The fraction of sp³-hybridized carbons (Fsp3) is 0.769. The Morgan fingerprint density at radius 2 is 1.90 bits per heavy atom. The number of hydrogen-bond acceptors (Lipinski definition) is 6. The van der Waals surface area contributed by atoms with Crippen molar-refractivity contribution in [1.29, 1.82) is 0 Å². The Hall–Kier alpha value is -1.14. The van der Waals surface area contributed by atoms with Crippen molar-refractivity contribution in [3.8, 4) is 0 Å². The molecule has 2 rings (SSSR count). The van der Waals surface area contributed by atoms with E-state index in [4.69, 9.17) is 11.6 Å². The number of anilines is 2. The van der Waals surface area contributed by atoms with Gasteiger partial charge in [0.15, 0.2) is 0 Å². The molecule has 1 aromatic heterocycles. The second kappa shape index (κ2) is 7.59. The van der Waals surface area contributed by atoms with E-state index in [1.54, 1.807) is 0 Å². The van der Waals surface area contributed by atoms with E-state index in [-0.39, 0.29) is 11.3 Å². The fourth-order valence-corrected chi connectivity index (χ4v) is 2.51. The molecule has 1 aromatic rings. The summed E-state index contributed by atoms with van der Waals surface area (Å²) < 4.78 is 0. The molecule has 0 aromatic carbocycles. The zero-order valence-electron chi connectivity index (χ0n) is 12.2.